The lowest BCUT2D eigenvalue weighted by molar-refractivity contribution is -0.0710. The summed E-state index contributed by atoms with van der Waals surface area (Å²) in [5, 5.41) is 20.5. The van der Waals surface area contributed by atoms with Gasteiger partial charge in [-0.2, -0.15) is 0 Å². The van der Waals surface area contributed by atoms with E-state index in [1.165, 1.54) is 16.8 Å². The lowest BCUT2D eigenvalue weighted by atomic mass is 9.90. The molecule has 4 aromatic heterocycles. The van der Waals surface area contributed by atoms with E-state index >= 15 is 0 Å². The van der Waals surface area contributed by atoms with E-state index in [2.05, 4.69) is 19.9 Å². The molecular weight excluding hydrogens is 500 g/mol. The van der Waals surface area contributed by atoms with Crippen molar-refractivity contribution in [1.82, 2.24) is 24.5 Å². The van der Waals surface area contributed by atoms with Crippen molar-refractivity contribution < 1.29 is 19.3 Å². The molecule has 37 heavy (non-hydrogen) atoms. The summed E-state index contributed by atoms with van der Waals surface area (Å²) >= 11 is 6.35. The van der Waals surface area contributed by atoms with E-state index in [1.54, 1.807) is 46.0 Å². The van der Waals surface area contributed by atoms with Gasteiger partial charge in [-0.15, -0.1) is 0 Å². The number of aliphatic hydroxyl groups is 2. The fourth-order valence-corrected chi connectivity index (χ4v) is 3.73. The van der Waals surface area contributed by atoms with E-state index in [-0.39, 0.29) is 22.3 Å². The van der Waals surface area contributed by atoms with Crippen molar-refractivity contribution >= 4 is 19.4 Å². The molecule has 4 rings (SSSR count). The monoisotopic (exact) mass is 521 g/mol. The van der Waals surface area contributed by atoms with E-state index in [4.69, 9.17) is 24.2 Å². The van der Waals surface area contributed by atoms with Gasteiger partial charge in [-0.3, -0.25) is 19.3 Å². The Morgan fingerprint density at radius 1 is 1.05 bits per heavy atom. The van der Waals surface area contributed by atoms with Crippen LogP contribution < -0.4 is 10.3 Å². The van der Waals surface area contributed by atoms with Gasteiger partial charge in [0.15, 0.2) is 19.4 Å². The van der Waals surface area contributed by atoms with Crippen LogP contribution in [0.3, 0.4) is 0 Å². The summed E-state index contributed by atoms with van der Waals surface area (Å²) in [6.45, 7) is 6.57. The Morgan fingerprint density at radius 2 is 1.78 bits per heavy atom. The van der Waals surface area contributed by atoms with Crippen LogP contribution in [0, 0.1) is 19.7 Å². The minimum Gasteiger partial charge on any atom is -0.465 e. The molecule has 1 atom stereocenters. The predicted octanol–water partition coefficient (Wildman–Crippen LogP) is 3.07. The smallest absolute Gasteiger partial charge is 0.277 e. The first-order valence-corrected chi connectivity index (χ1v) is 11.4. The van der Waals surface area contributed by atoms with E-state index < -0.39 is 22.7 Å². The van der Waals surface area contributed by atoms with Crippen LogP contribution in [-0.2, 0) is 11.3 Å². The van der Waals surface area contributed by atoms with Crippen LogP contribution in [0.25, 0.3) is 17.1 Å². The summed E-state index contributed by atoms with van der Waals surface area (Å²) in [7, 11) is 5.83. The van der Waals surface area contributed by atoms with Crippen LogP contribution in [0.15, 0.2) is 53.7 Å². The Labute approximate surface area is 218 Å². The average molecular weight is 522 g/mol. The van der Waals surface area contributed by atoms with Gasteiger partial charge in [0.05, 0.1) is 23.3 Å². The zero-order chi connectivity index (χ0) is 27.1. The van der Waals surface area contributed by atoms with Crippen LogP contribution in [0.2, 0.25) is 5.02 Å². The minimum atomic E-state index is -2.48. The van der Waals surface area contributed by atoms with Gasteiger partial charge in [0, 0.05) is 24.2 Å². The summed E-state index contributed by atoms with van der Waals surface area (Å²) in [5.74, 6) is -0.591. The SMILES string of the molecule is [B]C(O)(Oc1cc(C)n(-c2cc(-c3ccnc(C(C)(C)O)n3)ncc2C)c(=O)c1Cl)c1ccc(F)cn1. The first-order chi connectivity index (χ1) is 17.3. The maximum absolute atomic E-state index is 13.3. The predicted molar refractivity (Wildman–Crippen MR) is 135 cm³/mol. The normalized spacial score (nSPS) is 13.3. The highest BCUT2D eigenvalue weighted by atomic mass is 35.5. The number of rotatable bonds is 6. The van der Waals surface area contributed by atoms with Crippen molar-refractivity contribution in [3.63, 3.8) is 0 Å². The molecule has 1 unspecified atom stereocenters. The Hall–Kier alpha value is -3.67. The maximum atomic E-state index is 13.3. The van der Waals surface area contributed by atoms with Crippen LogP contribution in [-0.4, -0.2) is 42.6 Å². The van der Waals surface area contributed by atoms with E-state index in [0.717, 1.165) is 18.3 Å². The highest BCUT2D eigenvalue weighted by molar-refractivity contribution is 6.32. The molecular formula is C25H22BClFN5O4. The molecule has 0 bridgehead atoms. The largest absolute Gasteiger partial charge is 0.465 e. The summed E-state index contributed by atoms with van der Waals surface area (Å²) in [4.78, 5) is 30.0. The van der Waals surface area contributed by atoms with Crippen molar-refractivity contribution in [2.24, 2.45) is 0 Å². The van der Waals surface area contributed by atoms with Gasteiger partial charge >= 0.3 is 0 Å². The molecule has 2 N–H and O–H groups in total. The van der Waals surface area contributed by atoms with Crippen LogP contribution >= 0.6 is 11.6 Å². The molecule has 2 radical (unpaired) electrons. The van der Waals surface area contributed by atoms with Crippen LogP contribution in [0.5, 0.6) is 5.75 Å². The van der Waals surface area contributed by atoms with Gasteiger partial charge < -0.3 is 14.9 Å². The number of aryl methyl sites for hydroxylation is 2. The highest BCUT2D eigenvalue weighted by Crippen LogP contribution is 2.30. The molecule has 0 fully saturated rings. The van der Waals surface area contributed by atoms with Gasteiger partial charge in [0.1, 0.15) is 27.9 Å². The second-order valence-electron chi connectivity index (χ2n) is 8.95. The van der Waals surface area contributed by atoms with Gasteiger partial charge in [0.2, 0.25) is 0 Å². The molecule has 0 aliphatic rings. The van der Waals surface area contributed by atoms with Crippen molar-refractivity contribution in [1.29, 1.82) is 0 Å². The number of hydrogen-bond donors (Lipinski definition) is 2. The molecule has 4 heterocycles. The third-order valence-electron chi connectivity index (χ3n) is 5.44. The standard InChI is InChI=1S/C25H22BClFN5O4/c1-13-11-30-17(16-7-8-29-23(32-16)24(3,4)35)10-18(13)33-14(2)9-19(21(27)22(33)34)37-25(26,36)20-6-5-15(28)12-31-20/h5-12,35-36H,1-4H3. The van der Waals surface area contributed by atoms with Crippen molar-refractivity contribution in [2.45, 2.75) is 39.0 Å². The summed E-state index contributed by atoms with van der Waals surface area (Å²) in [6, 6.07) is 6.94. The minimum absolute atomic E-state index is 0.184. The maximum Gasteiger partial charge on any atom is 0.277 e. The van der Waals surface area contributed by atoms with Gasteiger partial charge in [-0.25, -0.2) is 14.4 Å². The van der Waals surface area contributed by atoms with Crippen molar-refractivity contribution in [3.8, 4) is 22.8 Å². The van der Waals surface area contributed by atoms with Crippen molar-refractivity contribution in [3.05, 3.63) is 92.9 Å². The third kappa shape index (κ3) is 5.38. The van der Waals surface area contributed by atoms with Crippen LogP contribution in [0.1, 0.15) is 36.6 Å². The molecule has 12 heteroatoms. The molecule has 4 aromatic rings. The topological polar surface area (TPSA) is 123 Å². The summed E-state index contributed by atoms with van der Waals surface area (Å²) < 4.78 is 20.0. The Balaban J connectivity index is 1.77. The van der Waals surface area contributed by atoms with E-state index in [1.807, 2.05) is 0 Å². The Bertz CT molecular complexity index is 1540. The molecule has 0 aliphatic heterocycles. The van der Waals surface area contributed by atoms with Gasteiger partial charge in [0.25, 0.3) is 5.56 Å². The summed E-state index contributed by atoms with van der Waals surface area (Å²) in [6.07, 6.45) is 3.97. The second-order valence-corrected chi connectivity index (χ2v) is 9.32. The fraction of sp³-hybridized carbons (Fsp3) is 0.240. The number of halogens is 2. The molecule has 9 nitrogen and oxygen atoms in total. The number of aromatic nitrogens is 5. The van der Waals surface area contributed by atoms with Crippen LogP contribution in [0.4, 0.5) is 4.39 Å². The molecule has 0 aliphatic carbocycles. The number of hydrogen-bond acceptors (Lipinski definition) is 8. The molecule has 0 saturated carbocycles. The molecule has 0 saturated heterocycles. The first-order valence-electron chi connectivity index (χ1n) is 11.1. The molecule has 0 spiro atoms. The molecule has 0 amide bonds. The lowest BCUT2D eigenvalue weighted by Crippen LogP contribution is -2.35. The number of nitrogens with zero attached hydrogens (tertiary/aromatic N) is 5. The third-order valence-corrected chi connectivity index (χ3v) is 5.79. The number of ether oxygens (including phenoxy) is 1. The average Bonchev–Trinajstić information content (AvgIpc) is 2.83. The summed E-state index contributed by atoms with van der Waals surface area (Å²) in [5.41, 5.74) is -2.11. The lowest BCUT2D eigenvalue weighted by Gasteiger charge is -2.26. The van der Waals surface area contributed by atoms with E-state index in [9.17, 15) is 19.4 Å². The highest BCUT2D eigenvalue weighted by Gasteiger charge is 2.29. The van der Waals surface area contributed by atoms with Gasteiger partial charge in [-0.1, -0.05) is 11.6 Å². The zero-order valence-electron chi connectivity index (χ0n) is 20.4. The molecule has 0 aromatic carbocycles. The zero-order valence-corrected chi connectivity index (χ0v) is 21.2. The quantitative estimate of drug-likeness (QED) is 0.293. The Kier molecular flexibility index (Phi) is 6.89. The first kappa shape index (κ1) is 26.4. The fourth-order valence-electron chi connectivity index (χ4n) is 3.55. The molecule has 188 valence electrons. The van der Waals surface area contributed by atoms with E-state index in [0.29, 0.717) is 28.3 Å². The van der Waals surface area contributed by atoms with Crippen molar-refractivity contribution in [2.75, 3.05) is 0 Å². The Morgan fingerprint density at radius 3 is 2.43 bits per heavy atom. The second kappa shape index (κ2) is 9.66. The number of pyridine rings is 3. The van der Waals surface area contributed by atoms with Gasteiger partial charge in [-0.05, 0) is 57.5 Å².